The number of ketones is 1. The zero-order chi connectivity index (χ0) is 17.7. The van der Waals surface area contributed by atoms with Crippen molar-refractivity contribution < 1.29 is 14.3 Å². The number of allylic oxidation sites excluding steroid dienone is 1. The highest BCUT2D eigenvalue weighted by atomic mass is 16.6. The van der Waals surface area contributed by atoms with E-state index >= 15 is 0 Å². The van der Waals surface area contributed by atoms with Gasteiger partial charge in [-0.3, -0.25) is 9.59 Å². The number of hydrogen-bond acceptors (Lipinski definition) is 3. The smallest absolute Gasteiger partial charge is 0.306 e. The molecule has 0 bridgehead atoms. The molecule has 140 valence electrons. The molecular weight excluding hydrogens is 324 g/mol. The maximum Gasteiger partial charge on any atom is 0.306 e. The lowest BCUT2D eigenvalue weighted by Crippen LogP contribution is -2.56. The van der Waals surface area contributed by atoms with E-state index in [1.54, 1.807) is 0 Å². The summed E-state index contributed by atoms with van der Waals surface area (Å²) >= 11 is 0. The molecule has 3 heteroatoms. The summed E-state index contributed by atoms with van der Waals surface area (Å²) in [7, 11) is 0. The molecule has 0 amide bonds. The Hall–Kier alpha value is -1.12. The number of rotatable bonds is 1. The van der Waals surface area contributed by atoms with Gasteiger partial charge in [-0.1, -0.05) is 12.5 Å². The van der Waals surface area contributed by atoms with E-state index in [2.05, 4.69) is 6.92 Å². The van der Waals surface area contributed by atoms with Crippen LogP contribution in [0.4, 0.5) is 0 Å². The van der Waals surface area contributed by atoms with Gasteiger partial charge in [0.05, 0.1) is 0 Å². The number of fused-ring (bicyclic) bond motifs is 9. The molecule has 3 nitrogen and oxygen atoms in total. The van der Waals surface area contributed by atoms with E-state index in [4.69, 9.17) is 4.74 Å². The summed E-state index contributed by atoms with van der Waals surface area (Å²) in [6, 6.07) is 0. The van der Waals surface area contributed by atoms with Crippen molar-refractivity contribution in [2.75, 3.05) is 0 Å². The molecule has 0 aromatic rings. The van der Waals surface area contributed by atoms with E-state index in [9.17, 15) is 9.59 Å². The first kappa shape index (κ1) is 15.9. The van der Waals surface area contributed by atoms with E-state index in [0.717, 1.165) is 49.4 Å². The normalized spacial score (nSPS) is 54.1. The third-order valence-electron chi connectivity index (χ3n) is 9.75. The molecule has 4 saturated carbocycles. The second kappa shape index (κ2) is 5.02. The molecule has 26 heavy (non-hydrogen) atoms. The number of carbonyl (C=O) groups is 2. The Morgan fingerprint density at radius 2 is 1.92 bits per heavy atom. The minimum Gasteiger partial charge on any atom is -0.458 e. The van der Waals surface area contributed by atoms with Gasteiger partial charge in [0.1, 0.15) is 5.60 Å². The van der Waals surface area contributed by atoms with Gasteiger partial charge < -0.3 is 4.74 Å². The molecule has 8 atom stereocenters. The van der Waals surface area contributed by atoms with Gasteiger partial charge in [0, 0.05) is 24.2 Å². The molecule has 6 aliphatic rings. The van der Waals surface area contributed by atoms with Gasteiger partial charge in [0.15, 0.2) is 5.78 Å². The maximum absolute atomic E-state index is 12.1. The molecule has 6 rings (SSSR count). The second-order valence-corrected chi connectivity index (χ2v) is 10.1. The molecule has 0 aromatic carbocycles. The molecule has 0 aromatic heterocycles. The molecule has 0 radical (unpaired) electrons. The van der Waals surface area contributed by atoms with Crippen molar-refractivity contribution in [1.29, 1.82) is 0 Å². The summed E-state index contributed by atoms with van der Waals surface area (Å²) in [5, 5.41) is 0. The first-order chi connectivity index (χ1) is 12.6. The molecular formula is C23H30O3. The Labute approximate surface area is 155 Å². The highest BCUT2D eigenvalue weighted by molar-refractivity contribution is 5.91. The predicted octanol–water partition coefficient (Wildman–Crippen LogP) is 4.45. The zero-order valence-corrected chi connectivity index (χ0v) is 15.8. The lowest BCUT2D eigenvalue weighted by atomic mass is 9.47. The largest absolute Gasteiger partial charge is 0.458 e. The van der Waals surface area contributed by atoms with Crippen LogP contribution in [-0.2, 0) is 14.3 Å². The third-order valence-corrected chi connectivity index (χ3v) is 9.75. The monoisotopic (exact) mass is 354 g/mol. The van der Waals surface area contributed by atoms with Crippen LogP contribution in [-0.4, -0.2) is 17.4 Å². The Morgan fingerprint density at radius 1 is 1.04 bits per heavy atom. The van der Waals surface area contributed by atoms with Gasteiger partial charge in [-0.25, -0.2) is 0 Å². The van der Waals surface area contributed by atoms with Crippen molar-refractivity contribution in [3.8, 4) is 0 Å². The fraction of sp³-hybridized carbons (Fsp3) is 0.826. The fourth-order valence-electron chi connectivity index (χ4n) is 8.98. The van der Waals surface area contributed by atoms with Crippen LogP contribution in [0, 0.1) is 40.9 Å². The van der Waals surface area contributed by atoms with Crippen molar-refractivity contribution in [1.82, 2.24) is 0 Å². The molecule has 1 spiro atoms. The summed E-state index contributed by atoms with van der Waals surface area (Å²) in [4.78, 5) is 24.0. The van der Waals surface area contributed by atoms with Crippen LogP contribution in [0.2, 0.25) is 0 Å². The van der Waals surface area contributed by atoms with Crippen LogP contribution in [0.3, 0.4) is 0 Å². The van der Waals surface area contributed by atoms with Crippen LogP contribution in [0.5, 0.6) is 0 Å². The number of hydrogen-bond donors (Lipinski definition) is 0. The minimum absolute atomic E-state index is 0.0610. The van der Waals surface area contributed by atoms with Gasteiger partial charge in [0.2, 0.25) is 0 Å². The fourth-order valence-corrected chi connectivity index (χ4v) is 8.98. The summed E-state index contributed by atoms with van der Waals surface area (Å²) in [5.74, 6) is 4.89. The highest BCUT2D eigenvalue weighted by Gasteiger charge is 2.79. The molecule has 5 aliphatic carbocycles. The van der Waals surface area contributed by atoms with E-state index < -0.39 is 0 Å². The molecule has 5 fully saturated rings. The van der Waals surface area contributed by atoms with Crippen LogP contribution < -0.4 is 0 Å². The van der Waals surface area contributed by atoms with Crippen molar-refractivity contribution >= 4 is 11.8 Å². The molecule has 1 heterocycles. The number of esters is 1. The van der Waals surface area contributed by atoms with Gasteiger partial charge in [-0.05, 0) is 87.0 Å². The van der Waals surface area contributed by atoms with Gasteiger partial charge >= 0.3 is 5.97 Å². The van der Waals surface area contributed by atoms with E-state index in [-0.39, 0.29) is 17.0 Å². The Bertz CT molecular complexity index is 723. The highest BCUT2D eigenvalue weighted by Crippen LogP contribution is 2.79. The molecule has 1 aliphatic heterocycles. The summed E-state index contributed by atoms with van der Waals surface area (Å²) in [6.07, 6.45) is 12.9. The average molecular weight is 354 g/mol. The van der Waals surface area contributed by atoms with Crippen molar-refractivity contribution in [3.63, 3.8) is 0 Å². The lowest BCUT2D eigenvalue weighted by molar-refractivity contribution is -0.179. The van der Waals surface area contributed by atoms with Crippen molar-refractivity contribution in [2.45, 2.75) is 76.7 Å². The van der Waals surface area contributed by atoms with Crippen LogP contribution in [0.1, 0.15) is 71.1 Å². The quantitative estimate of drug-likeness (QED) is 0.654. The van der Waals surface area contributed by atoms with Crippen molar-refractivity contribution in [3.05, 3.63) is 11.6 Å². The average Bonchev–Trinajstić information content (AvgIpc) is 3.29. The zero-order valence-electron chi connectivity index (χ0n) is 15.8. The number of ether oxygens (including phenoxy) is 1. The molecule has 5 unspecified atom stereocenters. The molecule has 0 N–H and O–H groups in total. The topological polar surface area (TPSA) is 43.4 Å². The van der Waals surface area contributed by atoms with E-state index in [0.29, 0.717) is 24.0 Å². The number of carbonyl (C=O) groups excluding carboxylic acids is 2. The second-order valence-electron chi connectivity index (χ2n) is 10.1. The maximum atomic E-state index is 12.1. The Kier molecular flexibility index (Phi) is 3.07. The SMILES string of the molecule is CCC12CCC3C4CCC(=O)C=C4CCC3C1[C@H]1C[C@H]1[C@@]21CCC(=O)O1. The van der Waals surface area contributed by atoms with E-state index in [1.165, 1.54) is 37.7 Å². The van der Waals surface area contributed by atoms with Gasteiger partial charge in [-0.15, -0.1) is 0 Å². The van der Waals surface area contributed by atoms with Gasteiger partial charge in [0.25, 0.3) is 0 Å². The first-order valence-corrected chi connectivity index (χ1v) is 11.0. The van der Waals surface area contributed by atoms with Crippen LogP contribution in [0.15, 0.2) is 11.6 Å². The van der Waals surface area contributed by atoms with Crippen LogP contribution in [0.25, 0.3) is 0 Å². The van der Waals surface area contributed by atoms with Gasteiger partial charge in [-0.2, -0.15) is 0 Å². The van der Waals surface area contributed by atoms with Crippen LogP contribution >= 0.6 is 0 Å². The summed E-state index contributed by atoms with van der Waals surface area (Å²) < 4.78 is 6.23. The van der Waals surface area contributed by atoms with Crippen molar-refractivity contribution in [2.24, 2.45) is 40.9 Å². The third kappa shape index (κ3) is 1.72. The Balaban J connectivity index is 1.39. The molecule has 1 saturated heterocycles. The Morgan fingerprint density at radius 3 is 2.69 bits per heavy atom. The predicted molar refractivity (Wildman–Crippen MR) is 97.1 cm³/mol. The standard InChI is InChI=1S/C23H30O3/c1-2-22-9-7-16-15-6-4-14(24)11-13(15)3-5-17(16)21(22)18-12-19(18)23(22)10-8-20(25)26-23/h11,15-19,21H,2-10,12H2,1H3/t15?,16?,17?,18-,19+,21?,22?,23-/m0/s1. The first-order valence-electron chi connectivity index (χ1n) is 11.0. The van der Waals surface area contributed by atoms with E-state index in [1.807, 2.05) is 6.08 Å². The summed E-state index contributed by atoms with van der Waals surface area (Å²) in [6.45, 7) is 2.36. The lowest BCUT2D eigenvalue weighted by Gasteiger charge is -2.58. The minimum atomic E-state index is -0.113. The summed E-state index contributed by atoms with van der Waals surface area (Å²) in [5.41, 5.74) is 1.61.